The second kappa shape index (κ2) is 101. The molecular weight excluding hydrogens is 1550 g/mol. The predicted octanol–water partition coefficient (Wildman–Crippen LogP) is 25.3. The Labute approximate surface area is 704 Å². The van der Waals surface area contributed by atoms with Crippen molar-refractivity contribution in [1.82, 2.24) is 29.4 Å². The minimum Gasteiger partial charge on any atom is -0.411 e. The molecule has 0 aliphatic heterocycles. The van der Waals surface area contributed by atoms with E-state index in [0.717, 1.165) is 78.5 Å². The summed E-state index contributed by atoms with van der Waals surface area (Å²) in [6, 6.07) is 0. The Kier molecular flexibility index (Phi) is 119. The summed E-state index contributed by atoms with van der Waals surface area (Å²) in [6.45, 7) is 39.6. The third-order valence-electron chi connectivity index (χ3n) is 16.9. The molecule has 0 spiro atoms. The van der Waals surface area contributed by atoms with Crippen molar-refractivity contribution in [2.75, 3.05) is 78.5 Å². The summed E-state index contributed by atoms with van der Waals surface area (Å²) in [6.07, 6.45) is 61.8. The second-order valence-corrected chi connectivity index (χ2v) is 32.4. The minimum atomic E-state index is 0. The first-order chi connectivity index (χ1) is 47.3. The first-order valence-electron chi connectivity index (χ1n) is 40.2. The zero-order valence-electron chi connectivity index (χ0n) is 66.2. The van der Waals surface area contributed by atoms with Crippen molar-refractivity contribution >= 4 is 188 Å². The van der Waals surface area contributed by atoms with Crippen LogP contribution in [0.3, 0.4) is 0 Å². The van der Waals surface area contributed by atoms with Gasteiger partial charge in [0, 0.05) is 78.5 Å². The van der Waals surface area contributed by atoms with E-state index in [1.54, 1.807) is 0 Å². The number of rotatable bonds is 60. The molecule has 0 aromatic heterocycles. The van der Waals surface area contributed by atoms with Crippen LogP contribution in [0.25, 0.3) is 0 Å². The summed E-state index contributed by atoms with van der Waals surface area (Å²) < 4.78 is 11.8. The number of nitrogens with zero attached hydrogens (tertiary/aromatic N) is 6. The van der Waals surface area contributed by atoms with Gasteiger partial charge in [-0.25, -0.2) is 0 Å². The van der Waals surface area contributed by atoms with Crippen LogP contribution in [0.1, 0.15) is 391 Å². The van der Waals surface area contributed by atoms with Crippen LogP contribution in [0.15, 0.2) is 0 Å². The van der Waals surface area contributed by atoms with Crippen LogP contribution in [0, 0.1) is 0 Å². The van der Waals surface area contributed by atoms with E-state index in [1.807, 2.05) is 0 Å². The van der Waals surface area contributed by atoms with E-state index >= 15 is 0 Å². The van der Waals surface area contributed by atoms with E-state index < -0.39 is 0 Å². The molecule has 0 rings (SSSR count). The molecule has 0 fully saturated rings. The summed E-state index contributed by atoms with van der Waals surface area (Å²) in [5.41, 5.74) is 0. The maximum absolute atomic E-state index is 7.83. The van der Waals surface area contributed by atoms with Gasteiger partial charge in [0.2, 0.25) is 0 Å². The van der Waals surface area contributed by atoms with Gasteiger partial charge in [0.05, 0.1) is 0 Å². The molecule has 0 aromatic carbocycles. The van der Waals surface area contributed by atoms with Crippen molar-refractivity contribution in [3.63, 3.8) is 0 Å². The molecular formula is C78H156MoN6OS13. The molecule has 588 valence electrons. The fourth-order valence-corrected chi connectivity index (χ4v) is 12.7. The van der Waals surface area contributed by atoms with Gasteiger partial charge in [-0.3, -0.25) is 0 Å². The summed E-state index contributed by atoms with van der Waals surface area (Å²) >= 11 is 64.2. The largest absolute Gasteiger partial charge is 6.00 e. The molecule has 0 radical (unpaired) electrons. The van der Waals surface area contributed by atoms with Gasteiger partial charge in [-0.15, -0.1) is 0 Å². The van der Waals surface area contributed by atoms with Gasteiger partial charge >= 0.3 is 21.1 Å². The summed E-state index contributed by atoms with van der Waals surface area (Å²) in [5, 5.41) is 0. The summed E-state index contributed by atoms with van der Waals surface area (Å²) in [4.78, 5) is 13.2. The Morgan fingerprint density at radius 3 is 0.293 bits per heavy atom. The molecule has 0 aliphatic rings. The molecule has 21 heteroatoms. The molecule has 0 saturated heterocycles. The zero-order valence-corrected chi connectivity index (χ0v) is 78.9. The standard InChI is InChI=1S/6C13H27NS2.Mo.OS/c6*1-3-5-7-9-11-14(13(15)16)12-10-8-6-4-2;;1-2/h6*3-12H2,1-2H3,(H,15,16);;/q;;;;;;+6;/p-6. The topological polar surface area (TPSA) is 36.5 Å². The summed E-state index contributed by atoms with van der Waals surface area (Å²) in [5.74, 6) is 0. The quantitative estimate of drug-likeness (QED) is 0.0251. The van der Waals surface area contributed by atoms with Crippen LogP contribution in [-0.2, 0) is 109 Å². The summed E-state index contributed by atoms with van der Waals surface area (Å²) in [7, 11) is 0. The maximum Gasteiger partial charge on any atom is 6.00 e. The molecule has 0 saturated carbocycles. The van der Waals surface area contributed by atoms with Gasteiger partial charge < -0.3 is 178 Å². The second-order valence-electron chi connectivity index (χ2n) is 26.2. The van der Waals surface area contributed by atoms with Crippen LogP contribution in [0.4, 0.5) is 0 Å². The van der Waals surface area contributed by atoms with Crippen molar-refractivity contribution in [2.45, 2.75) is 391 Å². The van der Waals surface area contributed by atoms with E-state index in [2.05, 4.69) is 125 Å². The normalized spacial score (nSPS) is 10.1. The van der Waals surface area contributed by atoms with Crippen molar-refractivity contribution in [3.8, 4) is 0 Å². The van der Waals surface area contributed by atoms with E-state index in [-0.39, 0.29) is 21.1 Å². The fourth-order valence-electron chi connectivity index (χ4n) is 10.5. The Balaban J connectivity index is -0.000000166. The van der Waals surface area contributed by atoms with Gasteiger partial charge in [0.1, 0.15) is 0 Å². The molecule has 0 aliphatic carbocycles. The van der Waals surface area contributed by atoms with E-state index in [9.17, 15) is 0 Å². The Morgan fingerprint density at radius 1 is 0.172 bits per heavy atom. The van der Waals surface area contributed by atoms with Crippen LogP contribution in [0.5, 0.6) is 0 Å². The smallest absolute Gasteiger partial charge is 0.411 e. The van der Waals surface area contributed by atoms with E-state index in [0.29, 0.717) is 25.9 Å². The third kappa shape index (κ3) is 99.4. The molecule has 7 nitrogen and oxygen atoms in total. The van der Waals surface area contributed by atoms with Crippen molar-refractivity contribution < 1.29 is 25.3 Å². The van der Waals surface area contributed by atoms with Gasteiger partial charge in [-0.2, -0.15) is 4.21 Å². The Morgan fingerprint density at radius 2 is 0.242 bits per heavy atom. The maximum atomic E-state index is 7.83. The monoisotopic (exact) mass is 1710 g/mol. The molecule has 0 amide bonds. The van der Waals surface area contributed by atoms with Crippen molar-refractivity contribution in [2.24, 2.45) is 0 Å². The van der Waals surface area contributed by atoms with Gasteiger partial charge in [-0.05, 0) is 77.0 Å². The predicted molar refractivity (Wildman–Crippen MR) is 487 cm³/mol. The average Bonchev–Trinajstić information content (AvgIpc) is 3.15. The van der Waals surface area contributed by atoms with Crippen LogP contribution in [-0.4, -0.2) is 138 Å². The van der Waals surface area contributed by atoms with Crippen molar-refractivity contribution in [1.29, 1.82) is 0 Å². The fraction of sp³-hybridized carbons (Fsp3) is 0.923. The van der Waals surface area contributed by atoms with Crippen LogP contribution < -0.4 is 0 Å². The number of thiocarbonyl (C=S) groups is 6. The van der Waals surface area contributed by atoms with Crippen LogP contribution in [0.2, 0.25) is 0 Å². The Bertz CT molecular complexity index is 1290. The van der Waals surface area contributed by atoms with Gasteiger partial charge in [0.25, 0.3) is 0 Å². The minimum absolute atomic E-state index is 0. The molecule has 0 N–H and O–H groups in total. The van der Waals surface area contributed by atoms with E-state index in [4.69, 9.17) is 153 Å². The van der Waals surface area contributed by atoms with Crippen molar-refractivity contribution in [3.05, 3.63) is 0 Å². The molecule has 0 atom stereocenters. The SMILES string of the molecule is CCCCCCN(CCCCCC)C(=S)[S-].CCCCCCN(CCCCCC)C(=S)[S-].CCCCCCN(CCCCCC)C(=S)[S-].CCCCCCN(CCCCCC)C(=S)[S-].CCCCCCN(CCCCCC)C(=S)[S-].CCCCCCN(CCCCCC)C(=S)[S-].O=S.[Mo+6]. The number of hydrogen-bond acceptors (Lipinski definition) is 14. The first kappa shape index (κ1) is 116. The molecule has 0 aromatic rings. The molecule has 0 bridgehead atoms. The first-order valence-corrected chi connectivity index (χ1v) is 45.5. The third-order valence-corrected chi connectivity index (χ3v) is 20.0. The molecule has 0 heterocycles. The van der Waals surface area contributed by atoms with Crippen LogP contribution >= 0.6 is 73.3 Å². The Hall–Kier alpha value is 1.37. The zero-order chi connectivity index (χ0) is 75.4. The molecule has 0 unspecified atom stereocenters. The van der Waals surface area contributed by atoms with Gasteiger partial charge in [0.15, 0.2) is 12.5 Å². The number of unbranched alkanes of at least 4 members (excludes halogenated alkanes) is 36. The molecule has 99 heavy (non-hydrogen) atoms. The average molecular weight is 1710 g/mol. The van der Waals surface area contributed by atoms with Gasteiger partial charge in [-0.1, -0.05) is 340 Å². The van der Waals surface area contributed by atoms with E-state index in [1.165, 1.54) is 308 Å². The number of hydrogen-bond donors (Lipinski definition) is 0.